The second-order valence-corrected chi connectivity index (χ2v) is 5.91. The first-order valence-corrected chi connectivity index (χ1v) is 6.41. The van der Waals surface area contributed by atoms with Crippen LogP contribution < -0.4 is 0 Å². The lowest BCUT2D eigenvalue weighted by molar-refractivity contribution is 0.518. The van der Waals surface area contributed by atoms with Crippen LogP contribution in [-0.2, 0) is 0 Å². The highest BCUT2D eigenvalue weighted by molar-refractivity contribution is 5.57. The molecule has 0 aliphatic heterocycles. The normalized spacial score (nSPS) is 18.8. The molecule has 0 aromatic heterocycles. The van der Waals surface area contributed by atoms with Gasteiger partial charge in [0.15, 0.2) is 0 Å². The van der Waals surface area contributed by atoms with Crippen LogP contribution in [0.25, 0.3) is 0 Å². The molecule has 1 aliphatic carbocycles. The molecule has 0 aromatic rings. The third-order valence-electron chi connectivity index (χ3n) is 3.55. The lowest BCUT2D eigenvalue weighted by atomic mass is 9.84. The topological polar surface area (TPSA) is 0 Å². The van der Waals surface area contributed by atoms with Crippen LogP contribution in [0.5, 0.6) is 0 Å². The molecular weight excluding hydrogens is 192 g/mol. The monoisotopic (exact) mass is 218 g/mol. The molecule has 0 saturated carbocycles. The third-order valence-corrected chi connectivity index (χ3v) is 3.55. The fourth-order valence-corrected chi connectivity index (χ4v) is 3.06. The zero-order valence-corrected chi connectivity index (χ0v) is 11.7. The highest BCUT2D eigenvalue weighted by Crippen LogP contribution is 2.48. The second-order valence-electron chi connectivity index (χ2n) is 5.91. The summed E-state index contributed by atoms with van der Waals surface area (Å²) >= 11 is 0. The smallest absolute Gasteiger partial charge is 0.0106 e. The Morgan fingerprint density at radius 1 is 0.750 bits per heavy atom. The van der Waals surface area contributed by atoms with Crippen LogP contribution in [0.1, 0.15) is 41.5 Å². The van der Waals surface area contributed by atoms with E-state index in [0.29, 0.717) is 23.7 Å². The van der Waals surface area contributed by atoms with Gasteiger partial charge in [-0.2, -0.15) is 0 Å². The number of hydrogen-bond acceptors (Lipinski definition) is 0. The molecule has 0 amide bonds. The maximum atomic E-state index is 4.32. The molecule has 0 bridgehead atoms. The minimum Gasteiger partial charge on any atom is -0.0949 e. The molecule has 0 spiro atoms. The van der Waals surface area contributed by atoms with Crippen molar-refractivity contribution in [1.82, 2.24) is 0 Å². The molecule has 90 valence electrons. The molecule has 0 heterocycles. The average molecular weight is 218 g/mol. The molecule has 0 radical (unpaired) electrons. The molecule has 0 unspecified atom stereocenters. The van der Waals surface area contributed by atoms with E-state index in [1.807, 2.05) is 0 Å². The SMILES string of the molecule is C=C1C(C(C)C)=C(C(C)C)C(=C)C1C(C)C. The van der Waals surface area contributed by atoms with E-state index in [1.165, 1.54) is 22.3 Å². The summed E-state index contributed by atoms with van der Waals surface area (Å²) in [4.78, 5) is 0. The van der Waals surface area contributed by atoms with Crippen molar-refractivity contribution >= 4 is 0 Å². The van der Waals surface area contributed by atoms with Gasteiger partial charge in [0.1, 0.15) is 0 Å². The van der Waals surface area contributed by atoms with Crippen molar-refractivity contribution in [2.75, 3.05) is 0 Å². The molecule has 0 fully saturated rings. The summed E-state index contributed by atoms with van der Waals surface area (Å²) in [6.45, 7) is 22.2. The Bertz CT molecular complexity index is 307. The maximum Gasteiger partial charge on any atom is 0.0106 e. The molecule has 0 aromatic carbocycles. The number of rotatable bonds is 3. The lowest BCUT2D eigenvalue weighted by Gasteiger charge is -2.20. The molecular formula is C16H26. The molecule has 1 aliphatic rings. The quantitative estimate of drug-likeness (QED) is 0.626. The Hall–Kier alpha value is -0.780. The van der Waals surface area contributed by atoms with E-state index in [1.54, 1.807) is 0 Å². The van der Waals surface area contributed by atoms with Crippen molar-refractivity contribution in [2.24, 2.45) is 23.7 Å². The standard InChI is InChI=1S/C16H26/c1-9(2)14-12(7)15(10(3)4)16(11(5)6)13(14)8/h9-11,14H,7-8H2,1-6H3. The number of allylic oxidation sites excluding steroid dienone is 4. The van der Waals surface area contributed by atoms with Gasteiger partial charge in [-0.15, -0.1) is 0 Å². The Kier molecular flexibility index (Phi) is 3.83. The van der Waals surface area contributed by atoms with Gasteiger partial charge in [0.25, 0.3) is 0 Å². The van der Waals surface area contributed by atoms with Crippen LogP contribution in [0.4, 0.5) is 0 Å². The van der Waals surface area contributed by atoms with E-state index in [0.717, 1.165) is 0 Å². The first-order chi connectivity index (χ1) is 7.29. The summed E-state index contributed by atoms with van der Waals surface area (Å²) in [7, 11) is 0. The predicted molar refractivity (Wildman–Crippen MR) is 73.3 cm³/mol. The average Bonchev–Trinajstić information content (AvgIpc) is 2.36. The van der Waals surface area contributed by atoms with Gasteiger partial charge in [-0.1, -0.05) is 54.7 Å². The molecule has 16 heavy (non-hydrogen) atoms. The number of hydrogen-bond donors (Lipinski definition) is 0. The van der Waals surface area contributed by atoms with Crippen molar-refractivity contribution in [3.8, 4) is 0 Å². The van der Waals surface area contributed by atoms with E-state index in [-0.39, 0.29) is 0 Å². The van der Waals surface area contributed by atoms with Gasteiger partial charge >= 0.3 is 0 Å². The first kappa shape index (κ1) is 13.3. The van der Waals surface area contributed by atoms with Gasteiger partial charge in [-0.3, -0.25) is 0 Å². The maximum absolute atomic E-state index is 4.32. The molecule has 1 rings (SSSR count). The van der Waals surface area contributed by atoms with Crippen molar-refractivity contribution in [1.29, 1.82) is 0 Å². The van der Waals surface area contributed by atoms with E-state index in [9.17, 15) is 0 Å². The van der Waals surface area contributed by atoms with Crippen LogP contribution >= 0.6 is 0 Å². The van der Waals surface area contributed by atoms with Crippen LogP contribution in [-0.4, -0.2) is 0 Å². The predicted octanol–water partition coefficient (Wildman–Crippen LogP) is 4.99. The molecule has 0 N–H and O–H groups in total. The van der Waals surface area contributed by atoms with Gasteiger partial charge in [0.2, 0.25) is 0 Å². The van der Waals surface area contributed by atoms with E-state index < -0.39 is 0 Å². The van der Waals surface area contributed by atoms with Crippen LogP contribution in [0.15, 0.2) is 35.5 Å². The summed E-state index contributed by atoms with van der Waals surface area (Å²) in [5.74, 6) is 2.19. The fraction of sp³-hybridized carbons (Fsp3) is 0.625. The van der Waals surface area contributed by atoms with Gasteiger partial charge in [-0.25, -0.2) is 0 Å². The van der Waals surface area contributed by atoms with Crippen LogP contribution in [0.2, 0.25) is 0 Å². The lowest BCUT2D eigenvalue weighted by Crippen LogP contribution is -2.10. The summed E-state index contributed by atoms with van der Waals surface area (Å²) in [5, 5.41) is 0. The largest absolute Gasteiger partial charge is 0.0949 e. The summed E-state index contributed by atoms with van der Waals surface area (Å²) in [5.41, 5.74) is 5.58. The molecule has 0 nitrogen and oxygen atoms in total. The molecule has 0 heteroatoms. The van der Waals surface area contributed by atoms with Gasteiger partial charge in [0, 0.05) is 5.92 Å². The summed E-state index contributed by atoms with van der Waals surface area (Å²) in [6.07, 6.45) is 0. The highest BCUT2D eigenvalue weighted by Gasteiger charge is 2.35. The van der Waals surface area contributed by atoms with E-state index in [2.05, 4.69) is 54.7 Å². The fourth-order valence-electron chi connectivity index (χ4n) is 3.06. The first-order valence-electron chi connectivity index (χ1n) is 6.41. The second kappa shape index (κ2) is 4.61. The Morgan fingerprint density at radius 2 is 1.06 bits per heavy atom. The van der Waals surface area contributed by atoms with Gasteiger partial charge in [0.05, 0.1) is 0 Å². The minimum atomic E-state index is 0.467. The zero-order valence-electron chi connectivity index (χ0n) is 11.7. The molecule has 0 atom stereocenters. The molecule has 0 saturated heterocycles. The Balaban J connectivity index is 3.26. The van der Waals surface area contributed by atoms with Crippen molar-refractivity contribution < 1.29 is 0 Å². The van der Waals surface area contributed by atoms with E-state index >= 15 is 0 Å². The Morgan fingerprint density at radius 3 is 1.25 bits per heavy atom. The van der Waals surface area contributed by atoms with Gasteiger partial charge < -0.3 is 0 Å². The van der Waals surface area contributed by atoms with Crippen molar-refractivity contribution in [2.45, 2.75) is 41.5 Å². The van der Waals surface area contributed by atoms with Crippen LogP contribution in [0.3, 0.4) is 0 Å². The summed E-state index contributed by atoms with van der Waals surface area (Å²) in [6, 6.07) is 0. The third kappa shape index (κ3) is 2.03. The highest BCUT2D eigenvalue weighted by atomic mass is 14.4. The van der Waals surface area contributed by atoms with Crippen LogP contribution in [0, 0.1) is 23.7 Å². The minimum absolute atomic E-state index is 0.467. The van der Waals surface area contributed by atoms with Crippen molar-refractivity contribution in [3.05, 3.63) is 35.5 Å². The van der Waals surface area contributed by atoms with Gasteiger partial charge in [-0.05, 0) is 40.0 Å². The Labute approximate surface area is 101 Å². The summed E-state index contributed by atoms with van der Waals surface area (Å²) < 4.78 is 0. The van der Waals surface area contributed by atoms with E-state index in [4.69, 9.17) is 0 Å². The zero-order chi connectivity index (χ0) is 12.6. The van der Waals surface area contributed by atoms with Crippen molar-refractivity contribution in [3.63, 3.8) is 0 Å².